The summed E-state index contributed by atoms with van der Waals surface area (Å²) < 4.78 is 13.9. The van der Waals surface area contributed by atoms with Crippen LogP contribution in [0.15, 0.2) is 47.4 Å². The molecule has 0 spiro atoms. The Labute approximate surface area is 129 Å². The van der Waals surface area contributed by atoms with Gasteiger partial charge in [-0.3, -0.25) is 10.1 Å². The molecule has 0 aliphatic heterocycles. The van der Waals surface area contributed by atoms with Gasteiger partial charge in [-0.25, -0.2) is 9.37 Å². The van der Waals surface area contributed by atoms with E-state index in [0.717, 1.165) is 4.90 Å². The Balaban J connectivity index is 1.85. The predicted molar refractivity (Wildman–Crippen MR) is 85.8 cm³/mol. The first-order valence-corrected chi connectivity index (χ1v) is 8.21. The number of aromatic nitrogens is 1. The van der Waals surface area contributed by atoms with Gasteiger partial charge in [0.25, 0.3) is 5.91 Å². The first kappa shape index (κ1) is 14.0. The van der Waals surface area contributed by atoms with Crippen LogP contribution >= 0.6 is 23.1 Å². The van der Waals surface area contributed by atoms with Crippen LogP contribution in [-0.2, 0) is 0 Å². The van der Waals surface area contributed by atoms with Gasteiger partial charge >= 0.3 is 0 Å². The summed E-state index contributed by atoms with van der Waals surface area (Å²) in [6.45, 7) is 0. The number of thioether (sulfide) groups is 1. The molecule has 0 aliphatic rings. The molecule has 0 aliphatic carbocycles. The highest BCUT2D eigenvalue weighted by atomic mass is 32.2. The van der Waals surface area contributed by atoms with Crippen LogP contribution < -0.4 is 5.32 Å². The Morgan fingerprint density at radius 2 is 2.14 bits per heavy atom. The minimum atomic E-state index is -0.309. The number of halogens is 1. The minimum Gasteiger partial charge on any atom is -0.298 e. The van der Waals surface area contributed by atoms with Crippen LogP contribution in [0.3, 0.4) is 0 Å². The highest BCUT2D eigenvalue weighted by Gasteiger charge is 2.10. The maximum absolute atomic E-state index is 13.1. The third-order valence-corrected chi connectivity index (χ3v) is 4.56. The lowest BCUT2D eigenvalue weighted by Gasteiger charge is -2.03. The van der Waals surface area contributed by atoms with Crippen molar-refractivity contribution in [2.75, 3.05) is 11.6 Å². The van der Waals surface area contributed by atoms with Gasteiger partial charge in [0.1, 0.15) is 5.82 Å². The molecule has 0 saturated heterocycles. The van der Waals surface area contributed by atoms with Crippen molar-refractivity contribution in [2.24, 2.45) is 0 Å². The molecule has 0 atom stereocenters. The number of nitrogens with zero attached hydrogens (tertiary/aromatic N) is 1. The number of hydrogen-bond donors (Lipinski definition) is 1. The lowest BCUT2D eigenvalue weighted by atomic mass is 10.2. The van der Waals surface area contributed by atoms with Crippen LogP contribution in [0, 0.1) is 5.82 Å². The number of fused-ring (bicyclic) bond motifs is 1. The van der Waals surface area contributed by atoms with Crippen LogP contribution in [-0.4, -0.2) is 17.1 Å². The van der Waals surface area contributed by atoms with E-state index in [-0.39, 0.29) is 11.7 Å². The maximum atomic E-state index is 13.1. The maximum Gasteiger partial charge on any atom is 0.257 e. The summed E-state index contributed by atoms with van der Waals surface area (Å²) in [4.78, 5) is 17.5. The number of thiazole rings is 1. The molecule has 106 valence electrons. The van der Waals surface area contributed by atoms with Crippen molar-refractivity contribution in [1.29, 1.82) is 0 Å². The van der Waals surface area contributed by atoms with Gasteiger partial charge in [0.05, 0.1) is 10.2 Å². The van der Waals surface area contributed by atoms with Gasteiger partial charge in [-0.15, -0.1) is 11.8 Å². The standard InChI is InChI=1S/C15H11FN2OS2/c1-20-11-4-2-3-9(7-11)14(19)18-15-17-12-6-5-10(16)8-13(12)21-15/h2-8H,1H3,(H,17,18,19). The van der Waals surface area contributed by atoms with E-state index in [0.29, 0.717) is 20.9 Å². The van der Waals surface area contributed by atoms with Crippen LogP contribution in [0.2, 0.25) is 0 Å². The van der Waals surface area contributed by atoms with Crippen molar-refractivity contribution in [3.63, 3.8) is 0 Å². The van der Waals surface area contributed by atoms with E-state index in [1.165, 1.54) is 23.5 Å². The highest BCUT2D eigenvalue weighted by Crippen LogP contribution is 2.27. The van der Waals surface area contributed by atoms with Gasteiger partial charge in [-0.2, -0.15) is 0 Å². The number of benzene rings is 2. The zero-order chi connectivity index (χ0) is 14.8. The summed E-state index contributed by atoms with van der Waals surface area (Å²) in [5.41, 5.74) is 1.25. The Hall–Kier alpha value is -1.92. The van der Waals surface area contributed by atoms with Crippen molar-refractivity contribution in [1.82, 2.24) is 4.98 Å². The number of rotatable bonds is 3. The van der Waals surface area contributed by atoms with E-state index in [1.807, 2.05) is 24.5 Å². The summed E-state index contributed by atoms with van der Waals surface area (Å²) in [6, 6.07) is 11.7. The van der Waals surface area contributed by atoms with Crippen molar-refractivity contribution >= 4 is 44.4 Å². The second-order valence-corrected chi connectivity index (χ2v) is 6.23. The topological polar surface area (TPSA) is 42.0 Å². The third-order valence-electron chi connectivity index (χ3n) is 2.90. The van der Waals surface area contributed by atoms with Crippen molar-refractivity contribution < 1.29 is 9.18 Å². The normalized spacial score (nSPS) is 10.8. The van der Waals surface area contributed by atoms with E-state index < -0.39 is 0 Å². The predicted octanol–water partition coefficient (Wildman–Crippen LogP) is 4.41. The molecule has 6 heteroatoms. The number of carbonyl (C=O) groups is 1. The average molecular weight is 318 g/mol. The Morgan fingerprint density at radius 3 is 2.95 bits per heavy atom. The molecule has 1 aromatic heterocycles. The van der Waals surface area contributed by atoms with Gasteiger partial charge in [0.2, 0.25) is 0 Å². The lowest BCUT2D eigenvalue weighted by molar-refractivity contribution is 0.102. The zero-order valence-corrected chi connectivity index (χ0v) is 12.7. The van der Waals surface area contributed by atoms with E-state index in [1.54, 1.807) is 23.9 Å². The first-order valence-electron chi connectivity index (χ1n) is 6.17. The molecule has 3 nitrogen and oxygen atoms in total. The molecule has 2 aromatic carbocycles. The average Bonchev–Trinajstić information content (AvgIpc) is 2.88. The summed E-state index contributed by atoms with van der Waals surface area (Å²) >= 11 is 2.83. The molecule has 1 heterocycles. The van der Waals surface area contributed by atoms with Crippen LogP contribution in [0.1, 0.15) is 10.4 Å². The van der Waals surface area contributed by atoms with Gasteiger partial charge in [0, 0.05) is 10.5 Å². The largest absolute Gasteiger partial charge is 0.298 e. The molecular weight excluding hydrogens is 307 g/mol. The van der Waals surface area contributed by atoms with Gasteiger partial charge < -0.3 is 0 Å². The molecule has 3 rings (SSSR count). The smallest absolute Gasteiger partial charge is 0.257 e. The van der Waals surface area contributed by atoms with Crippen molar-refractivity contribution in [3.05, 3.63) is 53.8 Å². The second kappa shape index (κ2) is 5.83. The number of hydrogen-bond acceptors (Lipinski definition) is 4. The summed E-state index contributed by atoms with van der Waals surface area (Å²) in [5.74, 6) is -0.526. The second-order valence-electron chi connectivity index (χ2n) is 4.32. The van der Waals surface area contributed by atoms with Crippen LogP contribution in [0.4, 0.5) is 9.52 Å². The molecule has 0 unspecified atom stereocenters. The van der Waals surface area contributed by atoms with Crippen LogP contribution in [0.25, 0.3) is 10.2 Å². The molecule has 0 fully saturated rings. The third kappa shape index (κ3) is 3.06. The number of nitrogens with one attached hydrogen (secondary N) is 1. The summed E-state index contributed by atoms with van der Waals surface area (Å²) in [7, 11) is 0. The van der Waals surface area contributed by atoms with Crippen molar-refractivity contribution in [3.8, 4) is 0 Å². The molecular formula is C15H11FN2OS2. The molecule has 0 radical (unpaired) electrons. The molecule has 3 aromatic rings. The summed E-state index contributed by atoms with van der Waals surface area (Å²) in [6.07, 6.45) is 1.96. The van der Waals surface area contributed by atoms with E-state index >= 15 is 0 Å². The van der Waals surface area contributed by atoms with Gasteiger partial charge in [-0.1, -0.05) is 17.4 Å². The number of anilines is 1. The van der Waals surface area contributed by atoms with E-state index in [9.17, 15) is 9.18 Å². The molecule has 0 saturated carbocycles. The fraction of sp³-hybridized carbons (Fsp3) is 0.0667. The van der Waals surface area contributed by atoms with Crippen molar-refractivity contribution in [2.45, 2.75) is 4.90 Å². The molecule has 1 N–H and O–H groups in total. The Bertz CT molecular complexity index is 816. The van der Waals surface area contributed by atoms with Gasteiger partial charge in [-0.05, 0) is 42.7 Å². The molecule has 1 amide bonds. The fourth-order valence-electron chi connectivity index (χ4n) is 1.89. The number of amides is 1. The monoisotopic (exact) mass is 318 g/mol. The fourth-order valence-corrected chi connectivity index (χ4v) is 3.23. The Morgan fingerprint density at radius 1 is 1.29 bits per heavy atom. The zero-order valence-electron chi connectivity index (χ0n) is 11.1. The SMILES string of the molecule is CSc1cccc(C(=O)Nc2nc3ccc(F)cc3s2)c1. The minimum absolute atomic E-state index is 0.217. The van der Waals surface area contributed by atoms with Crippen LogP contribution in [0.5, 0.6) is 0 Å². The van der Waals surface area contributed by atoms with E-state index in [4.69, 9.17) is 0 Å². The van der Waals surface area contributed by atoms with Gasteiger partial charge in [0.15, 0.2) is 5.13 Å². The highest BCUT2D eigenvalue weighted by molar-refractivity contribution is 7.98. The first-order chi connectivity index (χ1) is 10.2. The Kier molecular flexibility index (Phi) is 3.90. The molecule has 0 bridgehead atoms. The summed E-state index contributed by atoms with van der Waals surface area (Å²) in [5, 5.41) is 3.22. The van der Waals surface area contributed by atoms with E-state index in [2.05, 4.69) is 10.3 Å². The lowest BCUT2D eigenvalue weighted by Crippen LogP contribution is -2.11. The molecule has 21 heavy (non-hydrogen) atoms. The quantitative estimate of drug-likeness (QED) is 0.727. The number of carbonyl (C=O) groups excluding carboxylic acids is 1.